The van der Waals surface area contributed by atoms with Gasteiger partial charge in [0, 0.05) is 19.6 Å². The Balaban J connectivity index is 1.78. The molecule has 1 aliphatic rings. The first-order chi connectivity index (χ1) is 10.7. The van der Waals surface area contributed by atoms with Crippen LogP contribution < -0.4 is 14.8 Å². The van der Waals surface area contributed by atoms with Crippen LogP contribution in [0.25, 0.3) is 0 Å². The van der Waals surface area contributed by atoms with Gasteiger partial charge in [0.05, 0.1) is 19.8 Å². The van der Waals surface area contributed by atoms with Gasteiger partial charge in [-0.2, -0.15) is 0 Å². The Bertz CT molecular complexity index is 484. The van der Waals surface area contributed by atoms with Crippen LogP contribution in [0.5, 0.6) is 11.5 Å². The molecule has 1 unspecified atom stereocenters. The second-order valence-electron chi connectivity index (χ2n) is 5.36. The lowest BCUT2D eigenvalue weighted by molar-refractivity contribution is -0.121. The minimum absolute atomic E-state index is 0.0587. The quantitative estimate of drug-likeness (QED) is 0.801. The number of methoxy groups -OCH3 is 1. The van der Waals surface area contributed by atoms with Gasteiger partial charge in [-0.15, -0.1) is 0 Å². The lowest BCUT2D eigenvalue weighted by atomic mass is 10.1. The molecule has 5 nitrogen and oxygen atoms in total. The Kier molecular flexibility index (Phi) is 6.52. The van der Waals surface area contributed by atoms with Crippen molar-refractivity contribution in [1.82, 2.24) is 5.32 Å². The first-order valence-corrected chi connectivity index (χ1v) is 7.91. The highest BCUT2D eigenvalue weighted by Gasteiger charge is 2.16. The fourth-order valence-corrected chi connectivity index (χ4v) is 2.52. The molecule has 1 saturated heterocycles. The number of carbonyl (C=O) groups is 1. The van der Waals surface area contributed by atoms with Crippen LogP contribution in [0.2, 0.25) is 0 Å². The average Bonchev–Trinajstić information content (AvgIpc) is 3.05. The molecule has 1 heterocycles. The van der Waals surface area contributed by atoms with Gasteiger partial charge < -0.3 is 19.5 Å². The van der Waals surface area contributed by atoms with Crippen LogP contribution in [0.4, 0.5) is 0 Å². The number of benzene rings is 1. The number of hydrogen-bond acceptors (Lipinski definition) is 4. The van der Waals surface area contributed by atoms with E-state index in [4.69, 9.17) is 14.2 Å². The number of hydrogen-bond donors (Lipinski definition) is 1. The summed E-state index contributed by atoms with van der Waals surface area (Å²) < 4.78 is 16.3. The van der Waals surface area contributed by atoms with Crippen molar-refractivity contribution >= 4 is 5.91 Å². The zero-order valence-electron chi connectivity index (χ0n) is 13.4. The predicted molar refractivity (Wildman–Crippen MR) is 84.5 cm³/mol. The molecule has 2 rings (SSSR count). The van der Waals surface area contributed by atoms with Crippen LogP contribution in [-0.2, 0) is 16.0 Å². The summed E-state index contributed by atoms with van der Waals surface area (Å²) in [5.74, 6) is 1.50. The van der Waals surface area contributed by atoms with E-state index < -0.39 is 0 Å². The molecule has 0 spiro atoms. The number of aryl methyl sites for hydroxylation is 1. The minimum atomic E-state index is 0.0587. The van der Waals surface area contributed by atoms with Crippen LogP contribution in [0.15, 0.2) is 18.2 Å². The Morgan fingerprint density at radius 3 is 2.95 bits per heavy atom. The summed E-state index contributed by atoms with van der Waals surface area (Å²) >= 11 is 0. The van der Waals surface area contributed by atoms with Crippen molar-refractivity contribution in [3.63, 3.8) is 0 Å². The van der Waals surface area contributed by atoms with Crippen molar-refractivity contribution in [1.29, 1.82) is 0 Å². The number of carbonyl (C=O) groups excluding carboxylic acids is 1. The normalized spacial score (nSPS) is 17.3. The number of amides is 1. The molecule has 1 amide bonds. The SMILES string of the molecule is CCOc1ccc(CCC(=O)NCC2CCCO2)cc1OC. The van der Waals surface area contributed by atoms with Crippen LogP contribution >= 0.6 is 0 Å². The van der Waals surface area contributed by atoms with Gasteiger partial charge in [0.25, 0.3) is 0 Å². The van der Waals surface area contributed by atoms with Gasteiger partial charge in [-0.05, 0) is 43.9 Å². The highest BCUT2D eigenvalue weighted by molar-refractivity contribution is 5.76. The molecule has 5 heteroatoms. The highest BCUT2D eigenvalue weighted by atomic mass is 16.5. The summed E-state index contributed by atoms with van der Waals surface area (Å²) in [5.41, 5.74) is 1.06. The summed E-state index contributed by atoms with van der Waals surface area (Å²) in [6.45, 7) is 3.96. The molecular formula is C17H25NO4. The van der Waals surface area contributed by atoms with Gasteiger partial charge in [-0.25, -0.2) is 0 Å². The fourth-order valence-electron chi connectivity index (χ4n) is 2.52. The van der Waals surface area contributed by atoms with E-state index in [0.717, 1.165) is 30.8 Å². The number of rotatable bonds is 8. The van der Waals surface area contributed by atoms with E-state index in [1.165, 1.54) is 0 Å². The van der Waals surface area contributed by atoms with E-state index >= 15 is 0 Å². The predicted octanol–water partition coefficient (Wildman–Crippen LogP) is 2.32. The third-order valence-corrected chi connectivity index (χ3v) is 3.72. The molecule has 1 atom stereocenters. The third kappa shape index (κ3) is 4.91. The summed E-state index contributed by atoms with van der Waals surface area (Å²) in [5, 5.41) is 2.94. The largest absolute Gasteiger partial charge is 0.493 e. The summed E-state index contributed by atoms with van der Waals surface area (Å²) in [6.07, 6.45) is 3.46. The maximum Gasteiger partial charge on any atom is 0.220 e. The van der Waals surface area contributed by atoms with Crippen molar-refractivity contribution in [2.75, 3.05) is 26.9 Å². The van der Waals surface area contributed by atoms with Gasteiger partial charge in [-0.3, -0.25) is 4.79 Å². The third-order valence-electron chi connectivity index (χ3n) is 3.72. The fraction of sp³-hybridized carbons (Fsp3) is 0.588. The van der Waals surface area contributed by atoms with Gasteiger partial charge in [-0.1, -0.05) is 6.07 Å². The van der Waals surface area contributed by atoms with Crippen molar-refractivity contribution < 1.29 is 19.0 Å². The maximum atomic E-state index is 11.9. The smallest absolute Gasteiger partial charge is 0.220 e. The molecule has 1 aromatic rings. The molecule has 0 saturated carbocycles. The van der Waals surface area contributed by atoms with E-state index in [9.17, 15) is 4.79 Å². The van der Waals surface area contributed by atoms with Gasteiger partial charge in [0.15, 0.2) is 11.5 Å². The van der Waals surface area contributed by atoms with Crippen LogP contribution in [0.1, 0.15) is 31.7 Å². The number of nitrogens with one attached hydrogen (secondary N) is 1. The van der Waals surface area contributed by atoms with Crippen LogP contribution in [0, 0.1) is 0 Å². The van der Waals surface area contributed by atoms with Crippen LogP contribution in [-0.4, -0.2) is 38.9 Å². The van der Waals surface area contributed by atoms with Crippen molar-refractivity contribution in [3.8, 4) is 11.5 Å². The zero-order valence-corrected chi connectivity index (χ0v) is 13.4. The molecule has 22 heavy (non-hydrogen) atoms. The molecule has 1 aliphatic heterocycles. The van der Waals surface area contributed by atoms with E-state index in [0.29, 0.717) is 31.7 Å². The van der Waals surface area contributed by atoms with E-state index in [1.807, 2.05) is 25.1 Å². The monoisotopic (exact) mass is 307 g/mol. The lowest BCUT2D eigenvalue weighted by Crippen LogP contribution is -2.31. The molecule has 122 valence electrons. The van der Waals surface area contributed by atoms with Gasteiger partial charge in [0.2, 0.25) is 5.91 Å². The van der Waals surface area contributed by atoms with Gasteiger partial charge in [0.1, 0.15) is 0 Å². The molecule has 0 bridgehead atoms. The summed E-state index contributed by atoms with van der Waals surface area (Å²) in [6, 6.07) is 5.79. The van der Waals surface area contributed by atoms with E-state index in [1.54, 1.807) is 7.11 Å². The first-order valence-electron chi connectivity index (χ1n) is 7.91. The second kappa shape index (κ2) is 8.63. The first kappa shape index (κ1) is 16.6. The Morgan fingerprint density at radius 2 is 2.27 bits per heavy atom. The Hall–Kier alpha value is -1.75. The Morgan fingerprint density at radius 1 is 1.41 bits per heavy atom. The highest BCUT2D eigenvalue weighted by Crippen LogP contribution is 2.28. The second-order valence-corrected chi connectivity index (χ2v) is 5.36. The summed E-state index contributed by atoms with van der Waals surface area (Å²) in [4.78, 5) is 11.9. The topological polar surface area (TPSA) is 56.8 Å². The van der Waals surface area contributed by atoms with Gasteiger partial charge >= 0.3 is 0 Å². The summed E-state index contributed by atoms with van der Waals surface area (Å²) in [7, 11) is 1.62. The Labute approximate surface area is 131 Å². The molecule has 1 N–H and O–H groups in total. The van der Waals surface area contributed by atoms with Crippen molar-refractivity contribution in [2.24, 2.45) is 0 Å². The molecule has 1 fully saturated rings. The minimum Gasteiger partial charge on any atom is -0.493 e. The average molecular weight is 307 g/mol. The molecular weight excluding hydrogens is 282 g/mol. The molecule has 0 aromatic heterocycles. The van der Waals surface area contributed by atoms with Crippen LogP contribution in [0.3, 0.4) is 0 Å². The number of ether oxygens (including phenoxy) is 3. The van der Waals surface area contributed by atoms with Crippen molar-refractivity contribution in [3.05, 3.63) is 23.8 Å². The zero-order chi connectivity index (χ0) is 15.8. The van der Waals surface area contributed by atoms with E-state index in [2.05, 4.69) is 5.32 Å². The standard InChI is InChI=1S/C17H25NO4/c1-3-21-15-8-6-13(11-16(15)20-2)7-9-17(19)18-12-14-5-4-10-22-14/h6,8,11,14H,3-5,7,9-10,12H2,1-2H3,(H,18,19). The molecule has 0 aliphatic carbocycles. The molecule has 0 radical (unpaired) electrons. The lowest BCUT2D eigenvalue weighted by Gasteiger charge is -2.12. The molecule has 1 aromatic carbocycles. The van der Waals surface area contributed by atoms with E-state index in [-0.39, 0.29) is 12.0 Å². The maximum absolute atomic E-state index is 11.9. The van der Waals surface area contributed by atoms with Crippen molar-refractivity contribution in [2.45, 2.75) is 38.7 Å².